The molecule has 0 aromatic heterocycles. The van der Waals surface area contributed by atoms with Crippen molar-refractivity contribution >= 4 is 24.0 Å². The van der Waals surface area contributed by atoms with Gasteiger partial charge in [0.25, 0.3) is 0 Å². The summed E-state index contributed by atoms with van der Waals surface area (Å²) in [6, 6.07) is 24.3. The number of benzene rings is 3. The van der Waals surface area contributed by atoms with Crippen LogP contribution in [0.3, 0.4) is 0 Å². The summed E-state index contributed by atoms with van der Waals surface area (Å²) in [7, 11) is 0. The zero-order chi connectivity index (χ0) is 25.9. The van der Waals surface area contributed by atoms with Gasteiger partial charge >= 0.3 is 0 Å². The van der Waals surface area contributed by atoms with Gasteiger partial charge in [0.15, 0.2) is 0 Å². The SMILES string of the molecule is CC(C)c1ccc(C=CC(=O)NCc2cccc(CNC(=O)C=Cc3ccc(C(C)C)cc3)c2)cc1. The molecule has 3 rings (SSSR count). The van der Waals surface area contributed by atoms with Gasteiger partial charge in [-0.1, -0.05) is 100 Å². The molecule has 2 amide bonds. The molecule has 0 fully saturated rings. The molecular weight excluding hydrogens is 444 g/mol. The van der Waals surface area contributed by atoms with Crippen LogP contribution in [0.4, 0.5) is 0 Å². The van der Waals surface area contributed by atoms with E-state index in [0.29, 0.717) is 24.9 Å². The smallest absolute Gasteiger partial charge is 0.244 e. The first kappa shape index (κ1) is 26.7. The van der Waals surface area contributed by atoms with E-state index in [-0.39, 0.29) is 11.8 Å². The third kappa shape index (κ3) is 8.70. The quantitative estimate of drug-likeness (QED) is 0.322. The molecule has 0 heterocycles. The number of carbonyl (C=O) groups is 2. The lowest BCUT2D eigenvalue weighted by molar-refractivity contribution is -0.117. The second-order valence-corrected chi connectivity index (χ2v) is 9.56. The molecule has 0 aliphatic heterocycles. The maximum atomic E-state index is 12.2. The van der Waals surface area contributed by atoms with E-state index in [1.165, 1.54) is 11.1 Å². The van der Waals surface area contributed by atoms with Crippen molar-refractivity contribution in [2.75, 3.05) is 0 Å². The van der Waals surface area contributed by atoms with Crippen molar-refractivity contribution in [3.63, 3.8) is 0 Å². The van der Waals surface area contributed by atoms with Crippen LogP contribution >= 0.6 is 0 Å². The first-order chi connectivity index (χ1) is 17.3. The molecule has 0 unspecified atom stereocenters. The topological polar surface area (TPSA) is 58.2 Å². The summed E-state index contributed by atoms with van der Waals surface area (Å²) in [6.45, 7) is 9.48. The minimum absolute atomic E-state index is 0.145. The lowest BCUT2D eigenvalue weighted by Crippen LogP contribution is -2.21. The van der Waals surface area contributed by atoms with Crippen molar-refractivity contribution in [1.82, 2.24) is 10.6 Å². The molecule has 0 saturated carbocycles. The molecule has 3 aromatic rings. The summed E-state index contributed by atoms with van der Waals surface area (Å²) in [4.78, 5) is 24.5. The third-order valence-corrected chi connectivity index (χ3v) is 5.99. The third-order valence-electron chi connectivity index (χ3n) is 5.99. The van der Waals surface area contributed by atoms with Crippen LogP contribution in [0.25, 0.3) is 12.2 Å². The monoisotopic (exact) mass is 480 g/mol. The van der Waals surface area contributed by atoms with E-state index in [4.69, 9.17) is 0 Å². The van der Waals surface area contributed by atoms with Gasteiger partial charge in [-0.05, 0) is 57.4 Å². The fourth-order valence-corrected chi connectivity index (χ4v) is 3.67. The van der Waals surface area contributed by atoms with E-state index in [0.717, 1.165) is 22.3 Å². The highest BCUT2D eigenvalue weighted by atomic mass is 16.2. The Bertz CT molecular complexity index is 1110. The maximum absolute atomic E-state index is 12.2. The minimum atomic E-state index is -0.145. The van der Waals surface area contributed by atoms with Gasteiger partial charge in [0.2, 0.25) is 11.8 Å². The first-order valence-corrected chi connectivity index (χ1v) is 12.5. The molecule has 0 aliphatic rings. The number of hydrogen-bond acceptors (Lipinski definition) is 2. The minimum Gasteiger partial charge on any atom is -0.348 e. The number of nitrogens with one attached hydrogen (secondary N) is 2. The molecule has 0 saturated heterocycles. The van der Waals surface area contributed by atoms with Crippen molar-refractivity contribution in [1.29, 1.82) is 0 Å². The predicted octanol–water partition coefficient (Wildman–Crippen LogP) is 6.59. The summed E-state index contributed by atoms with van der Waals surface area (Å²) in [5.74, 6) is 0.681. The Hall–Kier alpha value is -3.92. The van der Waals surface area contributed by atoms with Crippen LogP contribution in [0.2, 0.25) is 0 Å². The summed E-state index contributed by atoms with van der Waals surface area (Å²) in [5.41, 5.74) is 6.50. The Morgan fingerprint density at radius 2 is 1.03 bits per heavy atom. The van der Waals surface area contributed by atoms with Crippen molar-refractivity contribution in [2.24, 2.45) is 0 Å². The normalized spacial score (nSPS) is 11.5. The fraction of sp³-hybridized carbons (Fsp3) is 0.250. The second-order valence-electron chi connectivity index (χ2n) is 9.56. The highest BCUT2D eigenvalue weighted by Gasteiger charge is 2.02. The summed E-state index contributed by atoms with van der Waals surface area (Å²) < 4.78 is 0. The van der Waals surface area contributed by atoms with Crippen LogP contribution < -0.4 is 10.6 Å². The molecule has 0 bridgehead atoms. The molecule has 0 spiro atoms. The van der Waals surface area contributed by atoms with Crippen LogP contribution in [0.1, 0.15) is 72.9 Å². The van der Waals surface area contributed by atoms with Gasteiger partial charge in [0.1, 0.15) is 0 Å². The average molecular weight is 481 g/mol. The number of amides is 2. The molecule has 4 nitrogen and oxygen atoms in total. The zero-order valence-corrected chi connectivity index (χ0v) is 21.6. The van der Waals surface area contributed by atoms with E-state index < -0.39 is 0 Å². The predicted molar refractivity (Wildman–Crippen MR) is 149 cm³/mol. The van der Waals surface area contributed by atoms with Gasteiger partial charge in [-0.3, -0.25) is 9.59 Å². The standard InChI is InChI=1S/C32H36N2O2/c1-23(2)29-14-8-25(9-15-29)12-18-31(35)33-21-27-6-5-7-28(20-27)22-34-32(36)19-13-26-10-16-30(17-11-26)24(3)4/h5-20,23-24H,21-22H2,1-4H3,(H,33,35)(H,34,36). The van der Waals surface area contributed by atoms with Crippen molar-refractivity contribution in [3.05, 3.63) is 118 Å². The molecule has 4 heteroatoms. The van der Waals surface area contributed by atoms with Crippen LogP contribution in [0.5, 0.6) is 0 Å². The number of carbonyl (C=O) groups excluding carboxylic acids is 2. The molecule has 0 atom stereocenters. The van der Waals surface area contributed by atoms with E-state index in [2.05, 4.69) is 62.6 Å². The second kappa shape index (κ2) is 13.2. The summed E-state index contributed by atoms with van der Waals surface area (Å²) >= 11 is 0. The van der Waals surface area contributed by atoms with Crippen LogP contribution in [-0.2, 0) is 22.7 Å². The first-order valence-electron chi connectivity index (χ1n) is 12.5. The number of rotatable bonds is 10. The van der Waals surface area contributed by atoms with Crippen molar-refractivity contribution in [2.45, 2.75) is 52.6 Å². The highest BCUT2D eigenvalue weighted by Crippen LogP contribution is 2.16. The van der Waals surface area contributed by atoms with E-state index in [1.807, 2.05) is 60.7 Å². The van der Waals surface area contributed by atoms with Gasteiger partial charge in [-0.2, -0.15) is 0 Å². The Morgan fingerprint density at radius 3 is 1.39 bits per heavy atom. The van der Waals surface area contributed by atoms with Crippen LogP contribution in [0, 0.1) is 0 Å². The van der Waals surface area contributed by atoms with E-state index >= 15 is 0 Å². The Morgan fingerprint density at radius 1 is 0.639 bits per heavy atom. The Kier molecular flexibility index (Phi) is 9.82. The van der Waals surface area contributed by atoms with Gasteiger partial charge < -0.3 is 10.6 Å². The summed E-state index contributed by atoms with van der Waals surface area (Å²) in [5, 5.41) is 5.83. The highest BCUT2D eigenvalue weighted by molar-refractivity contribution is 5.92. The van der Waals surface area contributed by atoms with Gasteiger partial charge in [0.05, 0.1) is 0 Å². The molecular formula is C32H36N2O2. The molecule has 0 aliphatic carbocycles. The van der Waals surface area contributed by atoms with E-state index in [9.17, 15) is 9.59 Å². The largest absolute Gasteiger partial charge is 0.348 e. The zero-order valence-electron chi connectivity index (χ0n) is 21.6. The Balaban J connectivity index is 1.45. The average Bonchev–Trinajstić information content (AvgIpc) is 2.89. The summed E-state index contributed by atoms with van der Waals surface area (Å²) in [6.07, 6.45) is 6.74. The van der Waals surface area contributed by atoms with Crippen molar-refractivity contribution < 1.29 is 9.59 Å². The van der Waals surface area contributed by atoms with E-state index in [1.54, 1.807) is 12.2 Å². The van der Waals surface area contributed by atoms with Crippen LogP contribution in [0.15, 0.2) is 84.9 Å². The van der Waals surface area contributed by atoms with Crippen molar-refractivity contribution in [3.8, 4) is 0 Å². The van der Waals surface area contributed by atoms with Crippen LogP contribution in [-0.4, -0.2) is 11.8 Å². The lowest BCUT2D eigenvalue weighted by Gasteiger charge is -2.07. The molecule has 186 valence electrons. The van der Waals surface area contributed by atoms with Gasteiger partial charge in [-0.25, -0.2) is 0 Å². The fourth-order valence-electron chi connectivity index (χ4n) is 3.67. The molecule has 3 aromatic carbocycles. The van der Waals surface area contributed by atoms with Gasteiger partial charge in [0, 0.05) is 25.2 Å². The molecule has 2 N–H and O–H groups in total. The molecule has 0 radical (unpaired) electrons. The maximum Gasteiger partial charge on any atom is 0.244 e. The van der Waals surface area contributed by atoms with Gasteiger partial charge in [-0.15, -0.1) is 0 Å². The number of hydrogen-bond donors (Lipinski definition) is 2. The Labute approximate surface area is 215 Å². The lowest BCUT2D eigenvalue weighted by atomic mass is 10.0. The molecule has 36 heavy (non-hydrogen) atoms.